The number of phenolic OH excluding ortho intramolecular Hbond substituents is 2. The molecule has 57 heavy (non-hydrogen) atoms. The highest BCUT2D eigenvalue weighted by Crippen LogP contribution is 2.46. The van der Waals surface area contributed by atoms with Gasteiger partial charge in [-0.3, -0.25) is 13.7 Å². The van der Waals surface area contributed by atoms with E-state index in [2.05, 4.69) is 20.5 Å². The quantitative estimate of drug-likeness (QED) is 0.0410. The number of benzene rings is 6. The van der Waals surface area contributed by atoms with E-state index in [9.17, 15) is 49.1 Å². The van der Waals surface area contributed by atoms with E-state index >= 15 is 0 Å². The standard InChI is InChI=1S/C35H30N6O13S3/c1-16-12-27(55(44,45)46)19-6-10-23(34(42)30(19)32(16)36)40-38-21-8-4-17(13-25(21)53-2)18-5-9-22(26(14-18)54-3)39-41-24-11-7-20-28(56(47,48)49)15-29(57(50,51)52)33(37)31(20)35(24)43/h4-15,42-43H,36-37H2,1-3H3,(H,44,45,46)(H,47,48,49)(H,50,51,52). The first-order valence-electron chi connectivity index (χ1n) is 15.9. The number of azo groups is 2. The number of rotatable bonds is 10. The molecule has 0 aliphatic carbocycles. The first-order valence-corrected chi connectivity index (χ1v) is 20.2. The van der Waals surface area contributed by atoms with Crippen molar-refractivity contribution in [2.45, 2.75) is 21.6 Å². The molecule has 296 valence electrons. The molecule has 0 aliphatic rings. The van der Waals surface area contributed by atoms with Crippen molar-refractivity contribution in [1.29, 1.82) is 0 Å². The van der Waals surface area contributed by atoms with Gasteiger partial charge in [-0.25, -0.2) is 0 Å². The van der Waals surface area contributed by atoms with E-state index in [0.717, 1.165) is 12.1 Å². The maximum atomic E-state index is 12.0. The fraction of sp³-hybridized carbons (Fsp3) is 0.0857. The molecule has 0 atom stereocenters. The number of ether oxygens (including phenoxy) is 2. The molecule has 0 aliphatic heterocycles. The number of anilines is 2. The van der Waals surface area contributed by atoms with Gasteiger partial charge in [-0.05, 0) is 72.1 Å². The highest BCUT2D eigenvalue weighted by molar-refractivity contribution is 7.87. The van der Waals surface area contributed by atoms with Gasteiger partial charge >= 0.3 is 0 Å². The van der Waals surface area contributed by atoms with Gasteiger partial charge in [-0.15, -0.1) is 20.5 Å². The molecular formula is C35H30N6O13S3. The number of nitrogens with two attached hydrogens (primary N) is 2. The van der Waals surface area contributed by atoms with Crippen LogP contribution < -0.4 is 20.9 Å². The Kier molecular flexibility index (Phi) is 10.3. The van der Waals surface area contributed by atoms with Gasteiger partial charge in [0, 0.05) is 16.5 Å². The van der Waals surface area contributed by atoms with Crippen LogP contribution >= 0.6 is 0 Å². The minimum Gasteiger partial charge on any atom is -0.505 e. The number of fused-ring (bicyclic) bond motifs is 2. The van der Waals surface area contributed by atoms with Crippen molar-refractivity contribution in [1.82, 2.24) is 0 Å². The maximum Gasteiger partial charge on any atom is 0.296 e. The zero-order valence-corrected chi connectivity index (χ0v) is 32.0. The third-order valence-electron chi connectivity index (χ3n) is 8.74. The highest BCUT2D eigenvalue weighted by Gasteiger charge is 2.27. The van der Waals surface area contributed by atoms with Gasteiger partial charge < -0.3 is 31.2 Å². The average molecular weight is 839 g/mol. The molecule has 6 aromatic carbocycles. The lowest BCUT2D eigenvalue weighted by Crippen LogP contribution is -2.08. The molecule has 6 rings (SSSR count). The number of aryl methyl sites for hydroxylation is 1. The van der Waals surface area contributed by atoms with Gasteiger partial charge in [0.2, 0.25) is 0 Å². The van der Waals surface area contributed by atoms with Gasteiger partial charge in [-0.1, -0.05) is 24.3 Å². The van der Waals surface area contributed by atoms with Crippen molar-refractivity contribution < 1.29 is 58.6 Å². The number of phenols is 2. The summed E-state index contributed by atoms with van der Waals surface area (Å²) in [4.78, 5) is -2.44. The molecule has 0 saturated heterocycles. The van der Waals surface area contributed by atoms with Crippen molar-refractivity contribution in [3.63, 3.8) is 0 Å². The number of nitrogen functional groups attached to an aromatic ring is 2. The number of methoxy groups -OCH3 is 2. The van der Waals surface area contributed by atoms with Crippen molar-refractivity contribution in [2.75, 3.05) is 25.7 Å². The Morgan fingerprint density at radius 3 is 1.28 bits per heavy atom. The Hall–Kier alpha value is -6.43. The molecule has 9 N–H and O–H groups in total. The lowest BCUT2D eigenvalue weighted by molar-refractivity contribution is 0.415. The summed E-state index contributed by atoms with van der Waals surface area (Å²) in [6, 6.07) is 16.3. The van der Waals surface area contributed by atoms with E-state index in [0.29, 0.717) is 22.8 Å². The zero-order chi connectivity index (χ0) is 41.8. The van der Waals surface area contributed by atoms with Crippen LogP contribution in [-0.2, 0) is 30.4 Å². The SMILES string of the molecule is COc1cc(-c2ccc(N=Nc3ccc4c(S(=O)(=O)O)cc(S(=O)(=O)O)c(N)c4c3O)c(OC)c2)ccc1N=Nc1ccc2c(S(=O)(=O)O)cc(C)c(N)c2c1O. The molecule has 0 radical (unpaired) electrons. The molecule has 0 saturated carbocycles. The summed E-state index contributed by atoms with van der Waals surface area (Å²) in [6.45, 7) is 1.52. The average Bonchev–Trinajstić information content (AvgIpc) is 3.14. The summed E-state index contributed by atoms with van der Waals surface area (Å²) in [6.07, 6.45) is 0. The second-order valence-corrected chi connectivity index (χ2v) is 16.4. The highest BCUT2D eigenvalue weighted by atomic mass is 32.2. The third kappa shape index (κ3) is 7.59. The molecule has 0 unspecified atom stereocenters. The van der Waals surface area contributed by atoms with Crippen molar-refractivity contribution in [3.8, 4) is 34.1 Å². The van der Waals surface area contributed by atoms with Crippen LogP contribution in [0.5, 0.6) is 23.0 Å². The summed E-state index contributed by atoms with van der Waals surface area (Å²) < 4.78 is 112. The van der Waals surface area contributed by atoms with E-state index in [1.807, 2.05) is 0 Å². The van der Waals surface area contributed by atoms with Crippen LogP contribution in [0.2, 0.25) is 0 Å². The number of nitrogens with zero attached hydrogens (tertiary/aromatic N) is 4. The van der Waals surface area contributed by atoms with Crippen LogP contribution in [0.1, 0.15) is 5.56 Å². The Morgan fingerprint density at radius 2 is 0.877 bits per heavy atom. The van der Waals surface area contributed by atoms with E-state index < -0.39 is 67.6 Å². The van der Waals surface area contributed by atoms with E-state index in [-0.39, 0.29) is 56.1 Å². The number of hydrogen-bond acceptors (Lipinski definition) is 16. The van der Waals surface area contributed by atoms with E-state index in [1.54, 1.807) is 30.3 Å². The fourth-order valence-corrected chi connectivity index (χ4v) is 8.17. The molecule has 0 bridgehead atoms. The van der Waals surface area contributed by atoms with Crippen LogP contribution in [0.4, 0.5) is 34.1 Å². The smallest absolute Gasteiger partial charge is 0.296 e. The molecule has 0 aromatic heterocycles. The van der Waals surface area contributed by atoms with Crippen molar-refractivity contribution in [3.05, 3.63) is 78.4 Å². The van der Waals surface area contributed by atoms with Gasteiger partial charge in [0.1, 0.15) is 48.9 Å². The Morgan fingerprint density at radius 1 is 0.509 bits per heavy atom. The zero-order valence-electron chi connectivity index (χ0n) is 29.6. The summed E-state index contributed by atoms with van der Waals surface area (Å²) in [5.41, 5.74) is 13.0. The molecule has 0 fully saturated rings. The lowest BCUT2D eigenvalue weighted by Gasteiger charge is -2.13. The Labute approximate surface area is 323 Å². The largest absolute Gasteiger partial charge is 0.505 e. The normalized spacial score (nSPS) is 12.6. The van der Waals surface area contributed by atoms with E-state index in [1.165, 1.54) is 45.4 Å². The molecule has 0 spiro atoms. The molecular weight excluding hydrogens is 809 g/mol. The molecule has 22 heteroatoms. The molecule has 0 heterocycles. The topological polar surface area (TPSA) is 324 Å². The summed E-state index contributed by atoms with van der Waals surface area (Å²) in [5, 5.41) is 37.6. The van der Waals surface area contributed by atoms with Crippen molar-refractivity contribution >= 4 is 86.0 Å². The van der Waals surface area contributed by atoms with Crippen LogP contribution in [0.15, 0.2) is 108 Å². The summed E-state index contributed by atoms with van der Waals surface area (Å²) >= 11 is 0. The van der Waals surface area contributed by atoms with Gasteiger partial charge in [0.15, 0.2) is 11.5 Å². The number of hydrogen-bond donors (Lipinski definition) is 7. The van der Waals surface area contributed by atoms with E-state index in [4.69, 9.17) is 20.9 Å². The summed E-state index contributed by atoms with van der Waals surface area (Å²) in [7, 11) is -12.0. The molecule has 19 nitrogen and oxygen atoms in total. The van der Waals surface area contributed by atoms with Crippen LogP contribution in [-0.4, -0.2) is 63.3 Å². The van der Waals surface area contributed by atoms with Gasteiger partial charge in [0.05, 0.1) is 30.7 Å². The molecule has 0 amide bonds. The Bertz CT molecular complexity index is 3080. The number of aromatic hydroxyl groups is 2. The molecule has 6 aromatic rings. The first-order chi connectivity index (χ1) is 26.6. The lowest BCUT2D eigenvalue weighted by atomic mass is 10.0. The van der Waals surface area contributed by atoms with Gasteiger partial charge in [-0.2, -0.15) is 25.3 Å². The monoisotopic (exact) mass is 838 g/mol. The minimum atomic E-state index is -5.10. The van der Waals surface area contributed by atoms with Crippen molar-refractivity contribution in [2.24, 2.45) is 20.5 Å². The first kappa shape index (κ1) is 40.2. The Balaban J connectivity index is 1.33. The summed E-state index contributed by atoms with van der Waals surface area (Å²) in [5.74, 6) is -0.784. The van der Waals surface area contributed by atoms with Crippen LogP contribution in [0.25, 0.3) is 32.7 Å². The van der Waals surface area contributed by atoms with Crippen LogP contribution in [0.3, 0.4) is 0 Å². The predicted octanol–water partition coefficient (Wildman–Crippen LogP) is 7.13. The second-order valence-electron chi connectivity index (χ2n) is 12.2. The predicted molar refractivity (Wildman–Crippen MR) is 208 cm³/mol. The van der Waals surface area contributed by atoms with Crippen LogP contribution in [0, 0.1) is 6.92 Å². The maximum absolute atomic E-state index is 12.0. The third-order valence-corrected chi connectivity index (χ3v) is 11.4. The minimum absolute atomic E-state index is 0.00680. The second kappa shape index (κ2) is 14.6. The fourth-order valence-electron chi connectivity index (χ4n) is 5.96. The van der Waals surface area contributed by atoms with Gasteiger partial charge in [0.25, 0.3) is 30.4 Å².